The summed E-state index contributed by atoms with van der Waals surface area (Å²) in [5, 5.41) is 8.88. The molecule has 2 amide bonds. The van der Waals surface area contributed by atoms with Crippen LogP contribution in [0.3, 0.4) is 0 Å². The number of anilines is 2. The second-order valence-corrected chi connectivity index (χ2v) is 6.14. The number of amides is 2. The highest BCUT2D eigenvalue weighted by atomic mass is 19.1. The monoisotopic (exact) mass is 370 g/mol. The van der Waals surface area contributed by atoms with Crippen LogP contribution < -0.4 is 15.5 Å². The zero-order valence-corrected chi connectivity index (χ0v) is 14.0. The third-order valence-electron chi connectivity index (χ3n) is 4.53. The number of carbonyl (C=O) groups excluding carboxylic acids is 2. The Hall–Kier alpha value is -2.46. The van der Waals surface area contributed by atoms with Gasteiger partial charge in [-0.15, -0.1) is 0 Å². The second kappa shape index (κ2) is 7.42. The number of piperazine rings is 1. The summed E-state index contributed by atoms with van der Waals surface area (Å²) in [6.07, 6.45) is -1.20. The van der Waals surface area contributed by atoms with Gasteiger partial charge in [0.05, 0.1) is 12.2 Å². The van der Waals surface area contributed by atoms with Gasteiger partial charge in [0.1, 0.15) is 18.4 Å². The molecule has 2 aliphatic heterocycles. The topological polar surface area (TPSA) is 99.3 Å². The number of aliphatic hydroxyl groups excluding tert-OH is 1. The summed E-state index contributed by atoms with van der Waals surface area (Å²) in [6.45, 7) is 0.665. The zero-order chi connectivity index (χ0) is 18.8. The molecule has 10 heteroatoms. The molecule has 3 rings (SSSR count). The first-order valence-corrected chi connectivity index (χ1v) is 8.25. The molecule has 2 heterocycles. The maximum Gasteiger partial charge on any atom is 0.414 e. The minimum absolute atomic E-state index is 0.0683. The molecule has 0 aromatic heterocycles. The molecule has 1 aromatic rings. The lowest BCUT2D eigenvalue weighted by Gasteiger charge is -2.36. The first kappa shape index (κ1) is 18.3. The molecule has 0 aliphatic carbocycles. The maximum absolute atomic E-state index is 14.6. The van der Waals surface area contributed by atoms with Crippen LogP contribution in [0.15, 0.2) is 12.1 Å². The van der Waals surface area contributed by atoms with E-state index in [0.717, 1.165) is 17.0 Å². The van der Waals surface area contributed by atoms with E-state index < -0.39 is 36.3 Å². The van der Waals surface area contributed by atoms with Crippen LogP contribution in [0.1, 0.15) is 0 Å². The Balaban J connectivity index is 1.77. The average Bonchev–Trinajstić information content (AvgIpc) is 3.02. The number of rotatable bonds is 4. The number of ether oxygens (including phenoxy) is 1. The number of halogens is 2. The van der Waals surface area contributed by atoms with Gasteiger partial charge in [-0.25, -0.2) is 13.6 Å². The first-order valence-electron chi connectivity index (χ1n) is 8.25. The molecule has 1 atom stereocenters. The summed E-state index contributed by atoms with van der Waals surface area (Å²) in [5.74, 6) is -2.01. The minimum Gasteiger partial charge on any atom is -0.443 e. The van der Waals surface area contributed by atoms with Crippen LogP contribution in [-0.2, 0) is 9.53 Å². The van der Waals surface area contributed by atoms with Crippen LogP contribution in [-0.4, -0.2) is 74.0 Å². The standard InChI is InChI=1S/C16H20F2N4O4/c17-12-5-10(22-8-11(7-19)26-16(22)25)6-13(18)15(12)21-3-1-20(2-4-21)14(24)9-23/h5-6,11,23H,1-4,7-9,19H2/t11-/m0/s1. The Labute approximate surface area is 148 Å². The second-order valence-electron chi connectivity index (χ2n) is 6.14. The van der Waals surface area contributed by atoms with Crippen molar-refractivity contribution < 1.29 is 28.2 Å². The summed E-state index contributed by atoms with van der Waals surface area (Å²) in [7, 11) is 0. The van der Waals surface area contributed by atoms with Gasteiger partial charge in [0.2, 0.25) is 5.91 Å². The highest BCUT2D eigenvalue weighted by molar-refractivity contribution is 5.90. The van der Waals surface area contributed by atoms with Crippen molar-refractivity contribution in [2.24, 2.45) is 5.73 Å². The SMILES string of the molecule is NC[C@H]1CN(c2cc(F)c(N3CCN(C(=O)CO)CC3)c(F)c2)C(=O)O1. The van der Waals surface area contributed by atoms with Crippen LogP contribution in [0.2, 0.25) is 0 Å². The van der Waals surface area contributed by atoms with Crippen molar-refractivity contribution in [3.05, 3.63) is 23.8 Å². The normalized spacial score (nSPS) is 20.5. The summed E-state index contributed by atoms with van der Waals surface area (Å²) in [6, 6.07) is 2.17. The van der Waals surface area contributed by atoms with Crippen molar-refractivity contribution >= 4 is 23.4 Å². The lowest BCUT2D eigenvalue weighted by atomic mass is 10.2. The largest absolute Gasteiger partial charge is 0.443 e. The van der Waals surface area contributed by atoms with Gasteiger partial charge in [-0.2, -0.15) is 0 Å². The van der Waals surface area contributed by atoms with Gasteiger partial charge in [-0.05, 0) is 0 Å². The van der Waals surface area contributed by atoms with Crippen molar-refractivity contribution in [3.8, 4) is 0 Å². The third kappa shape index (κ3) is 3.42. The van der Waals surface area contributed by atoms with Crippen molar-refractivity contribution in [2.75, 3.05) is 55.7 Å². The van der Waals surface area contributed by atoms with Gasteiger partial charge in [-0.1, -0.05) is 0 Å². The summed E-state index contributed by atoms with van der Waals surface area (Å²) in [5.41, 5.74) is 5.33. The Morgan fingerprint density at radius 1 is 1.23 bits per heavy atom. The number of hydrogen-bond donors (Lipinski definition) is 2. The van der Waals surface area contributed by atoms with E-state index in [1.54, 1.807) is 0 Å². The van der Waals surface area contributed by atoms with Crippen molar-refractivity contribution in [3.63, 3.8) is 0 Å². The lowest BCUT2D eigenvalue weighted by Crippen LogP contribution is -2.50. The number of aliphatic hydroxyl groups is 1. The summed E-state index contributed by atoms with van der Waals surface area (Å²) in [4.78, 5) is 27.4. The molecule has 8 nitrogen and oxygen atoms in total. The van der Waals surface area contributed by atoms with Gasteiger partial charge in [-0.3, -0.25) is 9.69 Å². The van der Waals surface area contributed by atoms with E-state index in [4.69, 9.17) is 15.6 Å². The van der Waals surface area contributed by atoms with Crippen molar-refractivity contribution in [2.45, 2.75) is 6.10 Å². The fraction of sp³-hybridized carbons (Fsp3) is 0.500. The molecule has 0 bridgehead atoms. The van der Waals surface area contributed by atoms with E-state index in [1.807, 2.05) is 0 Å². The molecular formula is C16H20F2N4O4. The Kier molecular flexibility index (Phi) is 5.23. The molecule has 0 saturated carbocycles. The minimum atomic E-state index is -0.800. The Bertz CT molecular complexity index is 686. The van der Waals surface area contributed by atoms with E-state index >= 15 is 0 Å². The molecule has 2 saturated heterocycles. The first-order chi connectivity index (χ1) is 12.4. The molecule has 2 aliphatic rings. The average molecular weight is 370 g/mol. The highest BCUT2D eigenvalue weighted by Gasteiger charge is 2.33. The number of cyclic esters (lactones) is 1. The number of nitrogens with two attached hydrogens (primary N) is 1. The molecular weight excluding hydrogens is 350 g/mol. The molecule has 1 aromatic carbocycles. The van der Waals surface area contributed by atoms with E-state index in [2.05, 4.69) is 0 Å². The number of hydrogen-bond acceptors (Lipinski definition) is 6. The van der Waals surface area contributed by atoms with Gasteiger partial charge in [0, 0.05) is 44.9 Å². The summed E-state index contributed by atoms with van der Waals surface area (Å²) < 4.78 is 34.1. The smallest absolute Gasteiger partial charge is 0.414 e. The van der Waals surface area contributed by atoms with Gasteiger partial charge >= 0.3 is 6.09 Å². The lowest BCUT2D eigenvalue weighted by molar-refractivity contribution is -0.134. The van der Waals surface area contributed by atoms with Gasteiger partial charge < -0.3 is 25.4 Å². The van der Waals surface area contributed by atoms with E-state index in [0.29, 0.717) is 0 Å². The predicted octanol–water partition coefficient (Wildman–Crippen LogP) is -0.110. The molecule has 3 N–H and O–H groups in total. The number of nitrogens with zero attached hydrogens (tertiary/aromatic N) is 3. The molecule has 2 fully saturated rings. The number of carbonyl (C=O) groups is 2. The highest BCUT2D eigenvalue weighted by Crippen LogP contribution is 2.31. The van der Waals surface area contributed by atoms with Crippen LogP contribution >= 0.6 is 0 Å². The quantitative estimate of drug-likeness (QED) is 0.767. The molecule has 0 unspecified atom stereocenters. The van der Waals surface area contributed by atoms with Crippen LogP contribution in [0.5, 0.6) is 0 Å². The fourth-order valence-electron chi connectivity index (χ4n) is 3.14. The molecule has 0 radical (unpaired) electrons. The van der Waals surface area contributed by atoms with E-state index in [-0.39, 0.29) is 50.6 Å². The third-order valence-corrected chi connectivity index (χ3v) is 4.53. The van der Waals surface area contributed by atoms with Gasteiger partial charge in [0.15, 0.2) is 11.6 Å². The van der Waals surface area contributed by atoms with Crippen LogP contribution in [0.4, 0.5) is 25.0 Å². The van der Waals surface area contributed by atoms with E-state index in [9.17, 15) is 18.4 Å². The van der Waals surface area contributed by atoms with Crippen LogP contribution in [0, 0.1) is 11.6 Å². The van der Waals surface area contributed by atoms with Crippen molar-refractivity contribution in [1.82, 2.24) is 4.90 Å². The summed E-state index contributed by atoms with van der Waals surface area (Å²) >= 11 is 0. The molecule has 26 heavy (non-hydrogen) atoms. The van der Waals surface area contributed by atoms with Gasteiger partial charge in [0.25, 0.3) is 0 Å². The fourth-order valence-corrected chi connectivity index (χ4v) is 3.14. The zero-order valence-electron chi connectivity index (χ0n) is 14.0. The Morgan fingerprint density at radius 3 is 2.35 bits per heavy atom. The maximum atomic E-state index is 14.6. The molecule has 0 spiro atoms. The Morgan fingerprint density at radius 2 is 1.85 bits per heavy atom. The van der Waals surface area contributed by atoms with Crippen molar-refractivity contribution in [1.29, 1.82) is 0 Å². The molecule has 142 valence electrons. The van der Waals surface area contributed by atoms with Crippen LogP contribution in [0.25, 0.3) is 0 Å². The number of benzene rings is 1. The van der Waals surface area contributed by atoms with E-state index in [1.165, 1.54) is 9.80 Å². The predicted molar refractivity (Wildman–Crippen MR) is 88.9 cm³/mol.